The summed E-state index contributed by atoms with van der Waals surface area (Å²) in [7, 11) is 1.71. The number of methoxy groups -OCH3 is 1. The van der Waals surface area contributed by atoms with Crippen molar-refractivity contribution < 1.29 is 9.47 Å². The van der Waals surface area contributed by atoms with Crippen molar-refractivity contribution in [3.05, 3.63) is 0 Å². The normalized spacial score (nSPS) is 23.5. The molecule has 0 saturated carbocycles. The molecule has 1 heterocycles. The van der Waals surface area contributed by atoms with E-state index in [9.17, 15) is 0 Å². The van der Waals surface area contributed by atoms with Crippen LogP contribution in [0.5, 0.6) is 0 Å². The Morgan fingerprint density at radius 3 is 2.88 bits per heavy atom. The molecule has 0 radical (unpaired) electrons. The van der Waals surface area contributed by atoms with Crippen LogP contribution in [0.25, 0.3) is 0 Å². The molecule has 1 fully saturated rings. The minimum atomic E-state index is -0.129. The summed E-state index contributed by atoms with van der Waals surface area (Å²) in [6, 6.07) is 0. The number of hydrogen-bond donors (Lipinski definition) is 1. The van der Waals surface area contributed by atoms with Crippen LogP contribution in [-0.4, -0.2) is 55.1 Å². The third-order valence-corrected chi connectivity index (χ3v) is 3.06. The molecule has 0 aromatic carbocycles. The highest BCUT2D eigenvalue weighted by molar-refractivity contribution is 7.80. The summed E-state index contributed by atoms with van der Waals surface area (Å²) >= 11 is 5.40. The predicted octanol–water partition coefficient (Wildman–Crippen LogP) is 1.40. The molecular weight excluding hydrogens is 236 g/mol. The molecule has 0 bridgehead atoms. The zero-order valence-electron chi connectivity index (χ0n) is 11.3. The summed E-state index contributed by atoms with van der Waals surface area (Å²) in [5, 5.41) is 4.09. The molecule has 0 aliphatic carbocycles. The predicted molar refractivity (Wildman–Crippen MR) is 73.3 cm³/mol. The largest absolute Gasteiger partial charge is 0.385 e. The van der Waals surface area contributed by atoms with Crippen LogP contribution in [0.4, 0.5) is 0 Å². The number of morpholine rings is 1. The van der Waals surface area contributed by atoms with E-state index in [2.05, 4.69) is 31.0 Å². The summed E-state index contributed by atoms with van der Waals surface area (Å²) < 4.78 is 10.9. The first kappa shape index (κ1) is 14.7. The number of ether oxygens (including phenoxy) is 2. The molecule has 1 atom stereocenters. The van der Waals surface area contributed by atoms with Crippen molar-refractivity contribution in [3.63, 3.8) is 0 Å². The van der Waals surface area contributed by atoms with E-state index in [1.165, 1.54) is 0 Å². The van der Waals surface area contributed by atoms with Gasteiger partial charge in [0.15, 0.2) is 5.11 Å². The van der Waals surface area contributed by atoms with Crippen LogP contribution >= 0.6 is 12.2 Å². The Morgan fingerprint density at radius 1 is 1.59 bits per heavy atom. The molecule has 0 aromatic heterocycles. The molecule has 0 spiro atoms. The summed E-state index contributed by atoms with van der Waals surface area (Å²) in [6.45, 7) is 9.61. The van der Waals surface area contributed by atoms with E-state index in [4.69, 9.17) is 21.7 Å². The molecule has 17 heavy (non-hydrogen) atoms. The number of hydrogen-bond acceptors (Lipinski definition) is 3. The molecule has 1 unspecified atom stereocenters. The van der Waals surface area contributed by atoms with E-state index in [1.807, 2.05) is 0 Å². The Balaban J connectivity index is 2.35. The van der Waals surface area contributed by atoms with Crippen molar-refractivity contribution in [1.82, 2.24) is 10.2 Å². The quantitative estimate of drug-likeness (QED) is 0.610. The molecule has 100 valence electrons. The first-order valence-electron chi connectivity index (χ1n) is 6.14. The second-order valence-electron chi connectivity index (χ2n) is 5.15. The van der Waals surface area contributed by atoms with Gasteiger partial charge in [-0.05, 0) is 39.4 Å². The van der Waals surface area contributed by atoms with Crippen LogP contribution in [0.2, 0.25) is 0 Å². The maximum absolute atomic E-state index is 5.85. The van der Waals surface area contributed by atoms with Crippen molar-refractivity contribution in [2.24, 2.45) is 0 Å². The van der Waals surface area contributed by atoms with Gasteiger partial charge in [0.05, 0.1) is 11.7 Å². The Bertz CT molecular complexity index is 259. The lowest BCUT2D eigenvalue weighted by Gasteiger charge is -2.42. The lowest BCUT2D eigenvalue weighted by molar-refractivity contribution is -0.112. The smallest absolute Gasteiger partial charge is 0.169 e. The number of rotatable bonds is 4. The lowest BCUT2D eigenvalue weighted by atomic mass is 10.1. The van der Waals surface area contributed by atoms with Crippen LogP contribution in [0, 0.1) is 0 Å². The average Bonchev–Trinajstić information content (AvgIpc) is 2.21. The van der Waals surface area contributed by atoms with Gasteiger partial charge < -0.3 is 19.7 Å². The van der Waals surface area contributed by atoms with Gasteiger partial charge in [-0.2, -0.15) is 0 Å². The van der Waals surface area contributed by atoms with E-state index >= 15 is 0 Å². The van der Waals surface area contributed by atoms with E-state index < -0.39 is 0 Å². The van der Waals surface area contributed by atoms with E-state index in [-0.39, 0.29) is 11.7 Å². The van der Waals surface area contributed by atoms with Crippen LogP contribution in [0.15, 0.2) is 0 Å². The van der Waals surface area contributed by atoms with Crippen LogP contribution in [-0.2, 0) is 9.47 Å². The summed E-state index contributed by atoms with van der Waals surface area (Å²) in [4.78, 5) is 2.19. The topological polar surface area (TPSA) is 33.7 Å². The highest BCUT2D eigenvalue weighted by Gasteiger charge is 2.32. The molecule has 1 aliphatic rings. The molecule has 5 heteroatoms. The van der Waals surface area contributed by atoms with Gasteiger partial charge in [-0.25, -0.2) is 0 Å². The van der Waals surface area contributed by atoms with Gasteiger partial charge in [-0.1, -0.05) is 0 Å². The first-order chi connectivity index (χ1) is 7.94. The second kappa shape index (κ2) is 6.52. The lowest BCUT2D eigenvalue weighted by Crippen LogP contribution is -2.56. The van der Waals surface area contributed by atoms with Gasteiger partial charge in [-0.3, -0.25) is 0 Å². The molecule has 4 nitrogen and oxygen atoms in total. The van der Waals surface area contributed by atoms with Crippen molar-refractivity contribution in [3.8, 4) is 0 Å². The maximum Gasteiger partial charge on any atom is 0.169 e. The zero-order valence-corrected chi connectivity index (χ0v) is 12.1. The van der Waals surface area contributed by atoms with Crippen molar-refractivity contribution in [1.29, 1.82) is 0 Å². The molecule has 1 saturated heterocycles. The molecule has 1 rings (SSSR count). The van der Waals surface area contributed by atoms with Crippen LogP contribution in [0.1, 0.15) is 27.2 Å². The third-order valence-electron chi connectivity index (χ3n) is 2.66. The van der Waals surface area contributed by atoms with Crippen molar-refractivity contribution in [2.45, 2.75) is 38.9 Å². The van der Waals surface area contributed by atoms with E-state index in [0.29, 0.717) is 0 Å². The minimum Gasteiger partial charge on any atom is -0.385 e. The second-order valence-corrected chi connectivity index (χ2v) is 5.53. The Morgan fingerprint density at radius 2 is 2.29 bits per heavy atom. The Kier molecular flexibility index (Phi) is 5.62. The average molecular weight is 260 g/mol. The van der Waals surface area contributed by atoms with Gasteiger partial charge in [0, 0.05) is 33.4 Å². The molecule has 0 aromatic rings. The van der Waals surface area contributed by atoms with Gasteiger partial charge in [-0.15, -0.1) is 0 Å². The highest BCUT2D eigenvalue weighted by atomic mass is 32.1. The van der Waals surface area contributed by atoms with Crippen LogP contribution in [0.3, 0.4) is 0 Å². The van der Waals surface area contributed by atoms with Crippen molar-refractivity contribution in [2.75, 3.05) is 33.4 Å². The number of nitrogens with zero attached hydrogens (tertiary/aromatic N) is 1. The van der Waals surface area contributed by atoms with E-state index in [1.54, 1.807) is 7.11 Å². The standard InChI is InChI=1S/C12H24N2O2S/c1-10-8-14(9-12(2,3)16-10)11(17)13-6-5-7-15-4/h10H,5-9H2,1-4H3,(H,13,17). The SMILES string of the molecule is COCCCNC(=S)N1CC(C)OC(C)(C)C1. The molecule has 1 N–H and O–H groups in total. The third kappa shape index (κ3) is 5.19. The van der Waals surface area contributed by atoms with E-state index in [0.717, 1.165) is 37.8 Å². The molecule has 1 aliphatic heterocycles. The van der Waals surface area contributed by atoms with Crippen molar-refractivity contribution >= 4 is 17.3 Å². The monoisotopic (exact) mass is 260 g/mol. The van der Waals surface area contributed by atoms with Gasteiger partial charge in [0.1, 0.15) is 0 Å². The van der Waals surface area contributed by atoms with Gasteiger partial charge >= 0.3 is 0 Å². The highest BCUT2D eigenvalue weighted by Crippen LogP contribution is 2.20. The molecular formula is C12H24N2O2S. The minimum absolute atomic E-state index is 0.129. The fraction of sp³-hybridized carbons (Fsp3) is 0.917. The molecule has 0 amide bonds. The van der Waals surface area contributed by atoms with Crippen LogP contribution < -0.4 is 5.32 Å². The summed E-state index contributed by atoms with van der Waals surface area (Å²) in [5.41, 5.74) is -0.129. The first-order valence-corrected chi connectivity index (χ1v) is 6.55. The number of nitrogens with one attached hydrogen (secondary N) is 1. The Hall–Kier alpha value is -0.390. The zero-order chi connectivity index (χ0) is 12.9. The summed E-state index contributed by atoms with van der Waals surface area (Å²) in [6.07, 6.45) is 1.19. The van der Waals surface area contributed by atoms with Gasteiger partial charge in [0.25, 0.3) is 0 Å². The fourth-order valence-electron chi connectivity index (χ4n) is 2.13. The summed E-state index contributed by atoms with van der Waals surface area (Å²) in [5.74, 6) is 0. The Labute approximate surface area is 110 Å². The maximum atomic E-state index is 5.85. The fourth-order valence-corrected chi connectivity index (χ4v) is 2.37. The van der Waals surface area contributed by atoms with Gasteiger partial charge in [0.2, 0.25) is 0 Å². The number of thiocarbonyl (C=S) groups is 1.